The number of nitrogens with zero attached hydrogens (tertiary/aromatic N) is 3. The fourth-order valence-corrected chi connectivity index (χ4v) is 6.89. The molecule has 8 heteroatoms. The van der Waals surface area contributed by atoms with E-state index in [1.165, 1.54) is 9.78 Å². The van der Waals surface area contributed by atoms with Gasteiger partial charge in [-0.2, -0.15) is 0 Å². The van der Waals surface area contributed by atoms with Crippen LogP contribution in [0.25, 0.3) is 0 Å². The van der Waals surface area contributed by atoms with E-state index in [9.17, 15) is 14.5 Å². The van der Waals surface area contributed by atoms with E-state index in [-0.39, 0.29) is 16.2 Å². The van der Waals surface area contributed by atoms with Crippen molar-refractivity contribution in [3.63, 3.8) is 0 Å². The number of thiazole rings is 1. The minimum absolute atomic E-state index is 0.0460. The topological polar surface area (TPSA) is 79.7 Å². The van der Waals surface area contributed by atoms with Crippen molar-refractivity contribution in [2.45, 2.75) is 57.7 Å². The summed E-state index contributed by atoms with van der Waals surface area (Å²) in [7, 11) is 1.95. The number of hydrogen-bond donors (Lipinski definition) is 1. The third-order valence-corrected chi connectivity index (χ3v) is 8.21. The van der Waals surface area contributed by atoms with Gasteiger partial charge in [-0.3, -0.25) is 0 Å². The van der Waals surface area contributed by atoms with Gasteiger partial charge in [0.15, 0.2) is 0 Å². The van der Waals surface area contributed by atoms with Crippen LogP contribution in [0.1, 0.15) is 55.2 Å². The van der Waals surface area contributed by atoms with Gasteiger partial charge in [0, 0.05) is 36.9 Å². The van der Waals surface area contributed by atoms with Crippen LogP contribution in [-0.4, -0.2) is 54.8 Å². The maximum atomic E-state index is 13.1. The summed E-state index contributed by atoms with van der Waals surface area (Å²) in [5.41, 5.74) is 1.05. The van der Waals surface area contributed by atoms with Gasteiger partial charge >= 0.3 is 6.09 Å². The molecule has 25 heavy (non-hydrogen) atoms. The summed E-state index contributed by atoms with van der Waals surface area (Å²) in [5, 5.41) is 10.3. The molecule has 2 heterocycles. The number of carbonyl (C=O) groups is 1. The Morgan fingerprint density at radius 2 is 2.04 bits per heavy atom. The standard InChI is InChI=1S/C17H27N3O3S2/c1-11-18-12-10-17(6-8-20(9-7-17)15(21)22)14(13(12)24-11)19(5)25(23)16(2,3)4/h14H,6-10H2,1-5H3,(H,21,22)/t14-,25?/m1/s1. The molecule has 1 aromatic heterocycles. The summed E-state index contributed by atoms with van der Waals surface area (Å²) in [6.07, 6.45) is 1.59. The maximum Gasteiger partial charge on any atom is 0.407 e. The highest BCUT2D eigenvalue weighted by molar-refractivity contribution is 7.90. The average molecular weight is 386 g/mol. The Balaban J connectivity index is 1.93. The first-order chi connectivity index (χ1) is 11.5. The molecule has 1 aromatic rings. The third-order valence-electron chi connectivity index (χ3n) is 5.36. The van der Waals surface area contributed by atoms with E-state index in [1.807, 2.05) is 39.0 Å². The first-order valence-corrected chi connectivity index (χ1v) is 10.6. The Morgan fingerprint density at radius 3 is 2.56 bits per heavy atom. The van der Waals surface area contributed by atoms with Crippen LogP contribution in [0, 0.1) is 12.3 Å². The molecule has 6 nitrogen and oxygen atoms in total. The highest BCUT2D eigenvalue weighted by atomic mass is 32.2. The predicted molar refractivity (Wildman–Crippen MR) is 100 cm³/mol. The molecule has 1 saturated heterocycles. The van der Waals surface area contributed by atoms with Crippen LogP contribution < -0.4 is 0 Å². The molecule has 0 aromatic carbocycles. The second-order valence-electron chi connectivity index (χ2n) is 8.16. The summed E-state index contributed by atoms with van der Waals surface area (Å²) in [6.45, 7) is 9.07. The minimum atomic E-state index is -1.13. The van der Waals surface area contributed by atoms with Gasteiger partial charge in [-0.25, -0.2) is 9.78 Å². The smallest absolute Gasteiger partial charge is 0.407 e. The van der Waals surface area contributed by atoms with Gasteiger partial charge in [0.2, 0.25) is 0 Å². The molecule has 0 radical (unpaired) electrons. The van der Waals surface area contributed by atoms with Crippen LogP contribution >= 0.6 is 11.3 Å². The third kappa shape index (κ3) is 3.29. The lowest BCUT2D eigenvalue weighted by Crippen LogP contribution is -2.51. The largest absolute Gasteiger partial charge is 0.597 e. The van der Waals surface area contributed by atoms with Crippen LogP contribution in [0.3, 0.4) is 0 Å². The first kappa shape index (κ1) is 18.9. The fraction of sp³-hybridized carbons (Fsp3) is 0.765. The molecule has 1 fully saturated rings. The van der Waals surface area contributed by atoms with Gasteiger partial charge in [0.1, 0.15) is 4.75 Å². The van der Waals surface area contributed by atoms with Crippen molar-refractivity contribution in [1.82, 2.24) is 14.2 Å². The maximum absolute atomic E-state index is 13.1. The second-order valence-corrected chi connectivity index (χ2v) is 11.7. The number of hydrogen-bond acceptors (Lipinski definition) is 5. The summed E-state index contributed by atoms with van der Waals surface area (Å²) >= 11 is 0.566. The van der Waals surface area contributed by atoms with Crippen LogP contribution in [0.2, 0.25) is 0 Å². The highest BCUT2D eigenvalue weighted by Gasteiger charge is 2.55. The number of likely N-dealkylation sites (tertiary alicyclic amines) is 1. The van der Waals surface area contributed by atoms with Gasteiger partial charge in [-0.05, 0) is 47.0 Å². The number of piperidine rings is 1. The van der Waals surface area contributed by atoms with Crippen molar-refractivity contribution in [2.24, 2.45) is 5.41 Å². The molecular formula is C17H27N3O3S2. The molecule has 1 unspecified atom stereocenters. The molecule has 1 aliphatic heterocycles. The first-order valence-electron chi connectivity index (χ1n) is 8.64. The molecule has 3 rings (SSSR count). The van der Waals surface area contributed by atoms with Gasteiger partial charge in [0.05, 0.1) is 21.6 Å². The Morgan fingerprint density at radius 1 is 1.44 bits per heavy atom. The van der Waals surface area contributed by atoms with Gasteiger partial charge in [-0.15, -0.1) is 15.6 Å². The molecule has 1 spiro atoms. The van der Waals surface area contributed by atoms with E-state index in [1.54, 1.807) is 11.3 Å². The fourth-order valence-electron chi connectivity index (χ4n) is 4.21. The Bertz CT molecular complexity index is 663. The summed E-state index contributed by atoms with van der Waals surface area (Å²) in [5.74, 6) is 0. The van der Waals surface area contributed by atoms with Crippen molar-refractivity contribution in [1.29, 1.82) is 0 Å². The molecule has 0 saturated carbocycles. The lowest BCUT2D eigenvalue weighted by atomic mass is 9.73. The van der Waals surface area contributed by atoms with E-state index in [0.717, 1.165) is 30.0 Å². The zero-order valence-electron chi connectivity index (χ0n) is 15.5. The number of amides is 1. The van der Waals surface area contributed by atoms with Crippen LogP contribution in [-0.2, 0) is 17.8 Å². The van der Waals surface area contributed by atoms with Crippen molar-refractivity contribution >= 4 is 28.8 Å². The van der Waals surface area contributed by atoms with Crippen LogP contribution in [0.4, 0.5) is 4.79 Å². The Kier molecular flexibility index (Phi) is 4.85. The van der Waals surface area contributed by atoms with Gasteiger partial charge in [0.25, 0.3) is 0 Å². The van der Waals surface area contributed by atoms with Crippen molar-refractivity contribution in [2.75, 3.05) is 20.1 Å². The molecule has 140 valence electrons. The normalized spacial score (nSPS) is 24.0. The molecule has 1 aliphatic carbocycles. The molecule has 1 amide bonds. The van der Waals surface area contributed by atoms with Crippen molar-refractivity contribution < 1.29 is 14.5 Å². The van der Waals surface area contributed by atoms with Gasteiger partial charge in [-0.1, -0.05) is 0 Å². The zero-order valence-corrected chi connectivity index (χ0v) is 17.2. The number of aryl methyl sites for hydroxylation is 1. The average Bonchev–Trinajstić information content (AvgIpc) is 2.98. The lowest BCUT2D eigenvalue weighted by molar-refractivity contribution is 0.0538. The molecule has 2 aliphatic rings. The Labute approximate surface area is 156 Å². The van der Waals surface area contributed by atoms with Crippen molar-refractivity contribution in [3.8, 4) is 0 Å². The number of carboxylic acid groups (broad SMARTS) is 1. The van der Waals surface area contributed by atoms with E-state index < -0.39 is 17.5 Å². The van der Waals surface area contributed by atoms with E-state index in [4.69, 9.17) is 4.98 Å². The summed E-state index contributed by atoms with van der Waals surface area (Å²) in [4.78, 5) is 18.7. The summed E-state index contributed by atoms with van der Waals surface area (Å²) < 4.78 is 14.8. The molecule has 2 atom stereocenters. The van der Waals surface area contributed by atoms with Crippen LogP contribution in [0.5, 0.6) is 0 Å². The monoisotopic (exact) mass is 385 g/mol. The van der Waals surface area contributed by atoms with E-state index in [0.29, 0.717) is 13.1 Å². The molecule has 1 N–H and O–H groups in total. The van der Waals surface area contributed by atoms with Gasteiger partial charge < -0.3 is 14.6 Å². The quantitative estimate of drug-likeness (QED) is 0.791. The minimum Gasteiger partial charge on any atom is -0.597 e. The summed E-state index contributed by atoms with van der Waals surface area (Å²) in [6, 6.07) is 0.0460. The highest BCUT2D eigenvalue weighted by Crippen LogP contribution is 2.56. The SMILES string of the molecule is Cc1nc2c(s1)[C@@H](N(C)[S+]([O-])C(C)(C)C)C1(CCN(C(=O)O)CC1)C2. The van der Waals surface area contributed by atoms with Crippen LogP contribution in [0.15, 0.2) is 0 Å². The molecule has 0 bridgehead atoms. The number of rotatable bonds is 2. The predicted octanol–water partition coefficient (Wildman–Crippen LogP) is 3.20. The second kappa shape index (κ2) is 6.40. The van der Waals surface area contributed by atoms with E-state index >= 15 is 0 Å². The number of aromatic nitrogens is 1. The van der Waals surface area contributed by atoms with Crippen molar-refractivity contribution in [3.05, 3.63) is 15.6 Å². The van der Waals surface area contributed by atoms with E-state index in [2.05, 4.69) is 0 Å². The zero-order chi connectivity index (χ0) is 18.6. The number of fused-ring (bicyclic) bond motifs is 1. The molecular weight excluding hydrogens is 358 g/mol. The lowest BCUT2D eigenvalue weighted by Gasteiger charge is -2.45. The Hall–Kier alpha value is -0.830.